The number of hydrogen-bond donors (Lipinski definition) is 2. The second kappa shape index (κ2) is 22.6. The first kappa shape index (κ1) is 33.1. The first-order valence-corrected chi connectivity index (χ1v) is 13.9. The van der Waals surface area contributed by atoms with Gasteiger partial charge in [-0.25, -0.2) is 0 Å². The zero-order chi connectivity index (χ0) is 26.2. The molecule has 2 N–H and O–H groups in total. The van der Waals surface area contributed by atoms with Gasteiger partial charge in [0.25, 0.3) is 0 Å². The van der Waals surface area contributed by atoms with Crippen LogP contribution in [0.1, 0.15) is 122 Å². The highest BCUT2D eigenvalue weighted by Gasteiger charge is 2.26. The molecule has 0 aliphatic carbocycles. The third kappa shape index (κ3) is 22.3. The van der Waals surface area contributed by atoms with Gasteiger partial charge in [0.15, 0.2) is 0 Å². The number of carboxylic acids is 3. The summed E-state index contributed by atoms with van der Waals surface area (Å²) in [5.41, 5.74) is 0. The van der Waals surface area contributed by atoms with E-state index in [-0.39, 0.29) is 19.3 Å². The standard InChI is InChI=1S/C28H51NO6/c1-2-3-4-5-6-7-8-9-10-11-15-22-29(23-16-12-19-26(30)31,24-17-13-20-27(32)33)25-18-14-21-28(34)35/h8-9H,2-7,10-25H2,1H3,(H2-,30,31,32,33,34,35)/b9-8+. The smallest absolute Gasteiger partial charge is 0.303 e. The highest BCUT2D eigenvalue weighted by atomic mass is 16.4. The summed E-state index contributed by atoms with van der Waals surface area (Å²) < 4.78 is 0.827. The number of carbonyl (C=O) groups excluding carboxylic acids is 1. The number of hydrogen-bond acceptors (Lipinski definition) is 4. The van der Waals surface area contributed by atoms with Crippen molar-refractivity contribution in [2.45, 2.75) is 122 Å². The Balaban J connectivity index is 4.77. The fourth-order valence-electron chi connectivity index (χ4n) is 4.65. The molecular formula is C28H51NO6. The molecule has 0 amide bonds. The Morgan fingerprint density at radius 2 is 1.00 bits per heavy atom. The van der Waals surface area contributed by atoms with Crippen LogP contribution in [0.3, 0.4) is 0 Å². The Morgan fingerprint density at radius 3 is 1.43 bits per heavy atom. The average Bonchev–Trinajstić information content (AvgIpc) is 2.80. The minimum atomic E-state index is -1.02. The van der Waals surface area contributed by atoms with Crippen molar-refractivity contribution < 1.29 is 34.2 Å². The summed E-state index contributed by atoms with van der Waals surface area (Å²) in [7, 11) is 0. The van der Waals surface area contributed by atoms with E-state index in [2.05, 4.69) is 19.1 Å². The molecule has 0 atom stereocenters. The van der Waals surface area contributed by atoms with Crippen molar-refractivity contribution in [2.24, 2.45) is 0 Å². The Bertz CT molecular complexity index is 535. The Kier molecular flexibility index (Phi) is 21.3. The van der Waals surface area contributed by atoms with Gasteiger partial charge in [0.05, 0.1) is 26.2 Å². The van der Waals surface area contributed by atoms with E-state index in [1.165, 1.54) is 32.1 Å². The van der Waals surface area contributed by atoms with Crippen molar-refractivity contribution in [3.8, 4) is 0 Å². The number of aliphatic carboxylic acids is 3. The molecule has 7 heteroatoms. The highest BCUT2D eigenvalue weighted by Crippen LogP contribution is 2.19. The van der Waals surface area contributed by atoms with Crippen molar-refractivity contribution in [1.82, 2.24) is 0 Å². The topological polar surface area (TPSA) is 115 Å². The van der Waals surface area contributed by atoms with Gasteiger partial charge >= 0.3 is 11.9 Å². The van der Waals surface area contributed by atoms with Gasteiger partial charge < -0.3 is 24.6 Å². The molecule has 0 saturated heterocycles. The van der Waals surface area contributed by atoms with Crippen molar-refractivity contribution in [2.75, 3.05) is 26.2 Å². The van der Waals surface area contributed by atoms with Crippen LogP contribution in [0, 0.1) is 0 Å². The number of carboxylic acid groups (broad SMARTS) is 3. The molecule has 7 nitrogen and oxygen atoms in total. The van der Waals surface area contributed by atoms with Gasteiger partial charge in [-0.2, -0.15) is 0 Å². The van der Waals surface area contributed by atoms with Crippen LogP contribution in [0.4, 0.5) is 0 Å². The second-order valence-corrected chi connectivity index (χ2v) is 9.94. The van der Waals surface area contributed by atoms with Gasteiger partial charge in [0.1, 0.15) is 0 Å². The molecule has 0 heterocycles. The van der Waals surface area contributed by atoms with Gasteiger partial charge in [0, 0.05) is 18.8 Å². The van der Waals surface area contributed by atoms with E-state index in [9.17, 15) is 19.5 Å². The van der Waals surface area contributed by atoms with Crippen LogP contribution in [-0.2, 0) is 14.4 Å². The molecule has 0 saturated carbocycles. The molecule has 0 radical (unpaired) electrons. The molecule has 0 aromatic heterocycles. The molecule has 0 aromatic rings. The molecule has 0 rings (SSSR count). The first-order valence-electron chi connectivity index (χ1n) is 13.9. The van der Waals surface area contributed by atoms with Crippen molar-refractivity contribution >= 4 is 17.9 Å². The SMILES string of the molecule is CCCCCCC/C=C/CCCC[N+](CCCCC(=O)[O-])(CCCCC(=O)O)CCCCC(=O)O. The quantitative estimate of drug-likeness (QED) is 0.0949. The molecule has 0 fully saturated rings. The largest absolute Gasteiger partial charge is 0.550 e. The predicted molar refractivity (Wildman–Crippen MR) is 138 cm³/mol. The van der Waals surface area contributed by atoms with Crippen LogP contribution in [0.2, 0.25) is 0 Å². The summed E-state index contributed by atoms with van der Waals surface area (Å²) in [4.78, 5) is 32.7. The molecule has 0 aliphatic heterocycles. The van der Waals surface area contributed by atoms with E-state index in [0.29, 0.717) is 19.3 Å². The fraction of sp³-hybridized carbons (Fsp3) is 0.821. The first-order chi connectivity index (χ1) is 16.8. The molecular weight excluding hydrogens is 446 g/mol. The zero-order valence-corrected chi connectivity index (χ0v) is 22.2. The lowest BCUT2D eigenvalue weighted by Gasteiger charge is -2.39. The summed E-state index contributed by atoms with van der Waals surface area (Å²) in [6.07, 6.45) is 20.0. The average molecular weight is 498 g/mol. The van der Waals surface area contributed by atoms with Crippen LogP contribution < -0.4 is 5.11 Å². The Labute approximate surface area is 213 Å². The van der Waals surface area contributed by atoms with E-state index in [4.69, 9.17) is 10.2 Å². The van der Waals surface area contributed by atoms with Gasteiger partial charge in [-0.05, 0) is 77.0 Å². The lowest BCUT2D eigenvalue weighted by Crippen LogP contribution is -2.51. The number of allylic oxidation sites excluding steroid dienone is 2. The number of quaternary nitrogens is 1. The zero-order valence-electron chi connectivity index (χ0n) is 22.2. The molecule has 0 aromatic carbocycles. The van der Waals surface area contributed by atoms with E-state index < -0.39 is 17.9 Å². The normalized spacial score (nSPS) is 11.8. The number of carbonyl (C=O) groups is 3. The molecule has 35 heavy (non-hydrogen) atoms. The van der Waals surface area contributed by atoms with Gasteiger partial charge in [-0.1, -0.05) is 44.8 Å². The van der Waals surface area contributed by atoms with Gasteiger partial charge in [-0.15, -0.1) is 0 Å². The number of rotatable bonds is 26. The maximum atomic E-state index is 10.9. The van der Waals surface area contributed by atoms with Gasteiger partial charge in [-0.3, -0.25) is 9.59 Å². The highest BCUT2D eigenvalue weighted by molar-refractivity contribution is 5.66. The molecule has 0 bridgehead atoms. The van der Waals surface area contributed by atoms with Crippen molar-refractivity contribution in [3.05, 3.63) is 12.2 Å². The maximum Gasteiger partial charge on any atom is 0.303 e. The second-order valence-electron chi connectivity index (χ2n) is 9.94. The van der Waals surface area contributed by atoms with Crippen LogP contribution in [-0.4, -0.2) is 58.8 Å². The monoisotopic (exact) mass is 497 g/mol. The van der Waals surface area contributed by atoms with E-state index in [0.717, 1.165) is 75.6 Å². The Morgan fingerprint density at radius 1 is 0.600 bits per heavy atom. The van der Waals surface area contributed by atoms with Crippen LogP contribution in [0.25, 0.3) is 0 Å². The lowest BCUT2D eigenvalue weighted by atomic mass is 10.1. The fourth-order valence-corrected chi connectivity index (χ4v) is 4.65. The van der Waals surface area contributed by atoms with E-state index >= 15 is 0 Å². The van der Waals surface area contributed by atoms with E-state index in [1.54, 1.807) is 0 Å². The molecule has 0 unspecified atom stereocenters. The molecule has 0 spiro atoms. The van der Waals surface area contributed by atoms with Crippen LogP contribution in [0.15, 0.2) is 12.2 Å². The summed E-state index contributed by atoms with van der Waals surface area (Å²) in [5.74, 6) is -2.59. The lowest BCUT2D eigenvalue weighted by molar-refractivity contribution is -0.929. The Hall–Kier alpha value is -1.89. The predicted octanol–water partition coefficient (Wildman–Crippen LogP) is 5.32. The number of nitrogens with zero attached hydrogens (tertiary/aromatic N) is 1. The summed E-state index contributed by atoms with van der Waals surface area (Å²) >= 11 is 0. The maximum absolute atomic E-state index is 10.9. The third-order valence-corrected chi connectivity index (χ3v) is 6.70. The summed E-state index contributed by atoms with van der Waals surface area (Å²) in [5, 5.41) is 28.8. The minimum absolute atomic E-state index is 0.0568. The van der Waals surface area contributed by atoms with Crippen LogP contribution in [0.5, 0.6) is 0 Å². The third-order valence-electron chi connectivity index (χ3n) is 6.70. The van der Waals surface area contributed by atoms with Crippen LogP contribution >= 0.6 is 0 Å². The summed E-state index contributed by atoms with van der Waals surface area (Å²) in [6.45, 7) is 5.77. The van der Waals surface area contributed by atoms with Gasteiger partial charge in [0.2, 0.25) is 0 Å². The summed E-state index contributed by atoms with van der Waals surface area (Å²) in [6, 6.07) is 0. The molecule has 204 valence electrons. The minimum Gasteiger partial charge on any atom is -0.550 e. The molecule has 0 aliphatic rings. The number of unbranched alkanes of at least 4 members (excludes halogenated alkanes) is 10. The van der Waals surface area contributed by atoms with Crippen molar-refractivity contribution in [3.63, 3.8) is 0 Å². The van der Waals surface area contributed by atoms with Crippen molar-refractivity contribution in [1.29, 1.82) is 0 Å². The van der Waals surface area contributed by atoms with E-state index in [1.807, 2.05) is 0 Å².